The van der Waals surface area contributed by atoms with Crippen LogP contribution in [0.1, 0.15) is 33.3 Å². The van der Waals surface area contributed by atoms with E-state index in [1.165, 1.54) is 0 Å². The lowest BCUT2D eigenvalue weighted by molar-refractivity contribution is -0.137. The summed E-state index contributed by atoms with van der Waals surface area (Å²) in [6, 6.07) is 8.54. The van der Waals surface area contributed by atoms with Crippen molar-refractivity contribution in [1.82, 2.24) is 10.2 Å². The largest absolute Gasteiger partial charge is 0.343 e. The second-order valence-corrected chi connectivity index (χ2v) is 5.27. The van der Waals surface area contributed by atoms with Gasteiger partial charge in [-0.05, 0) is 33.3 Å². The second kappa shape index (κ2) is 7.22. The maximum atomic E-state index is 12.4. The van der Waals surface area contributed by atoms with E-state index in [4.69, 9.17) is 5.73 Å². The van der Waals surface area contributed by atoms with E-state index < -0.39 is 11.6 Å². The van der Waals surface area contributed by atoms with E-state index in [0.717, 1.165) is 0 Å². The van der Waals surface area contributed by atoms with Gasteiger partial charge in [-0.15, -0.1) is 0 Å². The molecule has 0 aliphatic rings. The molecule has 0 aromatic heterocycles. The first kappa shape index (κ1) is 17.2. The van der Waals surface area contributed by atoms with E-state index in [2.05, 4.69) is 5.32 Å². The predicted molar refractivity (Wildman–Crippen MR) is 83.5 cm³/mol. The van der Waals surface area contributed by atoms with Gasteiger partial charge in [0.2, 0.25) is 11.8 Å². The van der Waals surface area contributed by atoms with Gasteiger partial charge in [0.05, 0.1) is 0 Å². The fourth-order valence-corrected chi connectivity index (χ4v) is 2.13. The van der Waals surface area contributed by atoms with Crippen LogP contribution in [-0.4, -0.2) is 35.8 Å². The molecule has 0 heterocycles. The minimum atomic E-state index is -1.17. The predicted octanol–water partition coefficient (Wildman–Crippen LogP) is 1.23. The fraction of sp³-hybridized carbons (Fsp3) is 0.500. The number of nitrogens with two attached hydrogens (primary N) is 1. The van der Waals surface area contributed by atoms with Crippen molar-refractivity contribution in [3.05, 3.63) is 35.9 Å². The lowest BCUT2D eigenvalue weighted by atomic mass is 9.92. The number of amides is 2. The van der Waals surface area contributed by atoms with Gasteiger partial charge >= 0.3 is 0 Å². The van der Waals surface area contributed by atoms with Crippen molar-refractivity contribution in [1.29, 1.82) is 0 Å². The molecule has 116 valence electrons. The monoisotopic (exact) mass is 291 g/mol. The zero-order chi connectivity index (χ0) is 16.0. The quantitative estimate of drug-likeness (QED) is 0.828. The number of hydrogen-bond donors (Lipinski definition) is 2. The van der Waals surface area contributed by atoms with Crippen LogP contribution in [0, 0.1) is 0 Å². The smallest absolute Gasteiger partial charge is 0.245 e. The molecule has 0 saturated carbocycles. The minimum Gasteiger partial charge on any atom is -0.343 e. The highest BCUT2D eigenvalue weighted by atomic mass is 16.2. The summed E-state index contributed by atoms with van der Waals surface area (Å²) in [7, 11) is 0. The second-order valence-electron chi connectivity index (χ2n) is 5.27. The first-order chi connectivity index (χ1) is 9.84. The fourth-order valence-electron chi connectivity index (χ4n) is 2.13. The van der Waals surface area contributed by atoms with Gasteiger partial charge in [0, 0.05) is 13.1 Å². The first-order valence-corrected chi connectivity index (χ1v) is 7.28. The van der Waals surface area contributed by atoms with E-state index in [1.54, 1.807) is 30.9 Å². The molecule has 5 nitrogen and oxygen atoms in total. The summed E-state index contributed by atoms with van der Waals surface area (Å²) in [6.07, 6.45) is 0. The first-order valence-electron chi connectivity index (χ1n) is 7.28. The number of rotatable bonds is 6. The number of benzene rings is 1. The summed E-state index contributed by atoms with van der Waals surface area (Å²) < 4.78 is 0. The molecular formula is C16H25N3O2. The Kier molecular flexibility index (Phi) is 5.90. The Labute approximate surface area is 126 Å². The summed E-state index contributed by atoms with van der Waals surface area (Å²) >= 11 is 0. The summed E-state index contributed by atoms with van der Waals surface area (Å²) in [4.78, 5) is 26.2. The Bertz CT molecular complexity index is 482. The topological polar surface area (TPSA) is 75.4 Å². The zero-order valence-corrected chi connectivity index (χ0v) is 13.2. The van der Waals surface area contributed by atoms with Gasteiger partial charge in [0.15, 0.2) is 0 Å². The normalized spacial score (nSPS) is 14.9. The van der Waals surface area contributed by atoms with Crippen molar-refractivity contribution in [2.45, 2.75) is 39.3 Å². The standard InChI is InChI=1S/C16H25N3O2/c1-5-19(6-2)14(20)12(3)18-15(21)16(4,17)13-10-8-7-9-11-13/h7-12H,5-6,17H2,1-4H3,(H,18,21). The Morgan fingerprint density at radius 2 is 1.76 bits per heavy atom. The number of carbonyl (C=O) groups excluding carboxylic acids is 2. The Balaban J connectivity index is 2.78. The van der Waals surface area contributed by atoms with Crippen LogP contribution in [0.25, 0.3) is 0 Å². The van der Waals surface area contributed by atoms with Crippen LogP contribution in [0.5, 0.6) is 0 Å². The summed E-state index contributed by atoms with van der Waals surface area (Å²) in [5.41, 5.74) is 5.68. The van der Waals surface area contributed by atoms with Crippen LogP contribution in [0.4, 0.5) is 0 Å². The third-order valence-electron chi connectivity index (χ3n) is 3.64. The van der Waals surface area contributed by atoms with Crippen LogP contribution >= 0.6 is 0 Å². The number of carbonyl (C=O) groups is 2. The number of nitrogens with zero attached hydrogens (tertiary/aromatic N) is 1. The minimum absolute atomic E-state index is 0.0998. The Morgan fingerprint density at radius 3 is 2.24 bits per heavy atom. The van der Waals surface area contributed by atoms with E-state index in [1.807, 2.05) is 32.0 Å². The molecule has 0 aliphatic carbocycles. The third-order valence-corrected chi connectivity index (χ3v) is 3.64. The van der Waals surface area contributed by atoms with E-state index in [0.29, 0.717) is 18.7 Å². The summed E-state index contributed by atoms with van der Waals surface area (Å²) in [5, 5.41) is 2.71. The van der Waals surface area contributed by atoms with Gasteiger partial charge in [0.1, 0.15) is 11.6 Å². The number of hydrogen-bond acceptors (Lipinski definition) is 3. The molecule has 1 aromatic carbocycles. The van der Waals surface area contributed by atoms with Gasteiger partial charge in [-0.25, -0.2) is 0 Å². The van der Waals surface area contributed by atoms with E-state index in [9.17, 15) is 9.59 Å². The highest BCUT2D eigenvalue weighted by Crippen LogP contribution is 2.17. The maximum Gasteiger partial charge on any atom is 0.245 e. The maximum absolute atomic E-state index is 12.4. The van der Waals surface area contributed by atoms with Crippen LogP contribution in [-0.2, 0) is 15.1 Å². The lowest BCUT2D eigenvalue weighted by Gasteiger charge is -2.28. The van der Waals surface area contributed by atoms with Crippen molar-refractivity contribution >= 4 is 11.8 Å². The van der Waals surface area contributed by atoms with Crippen LogP contribution in [0.2, 0.25) is 0 Å². The molecule has 0 aliphatic heterocycles. The molecule has 0 fully saturated rings. The molecule has 0 spiro atoms. The molecule has 0 saturated heterocycles. The average molecular weight is 291 g/mol. The molecule has 2 unspecified atom stereocenters. The summed E-state index contributed by atoms with van der Waals surface area (Å²) in [6.45, 7) is 8.38. The summed E-state index contributed by atoms with van der Waals surface area (Å²) in [5.74, 6) is -0.459. The van der Waals surface area contributed by atoms with Gasteiger partial charge in [-0.2, -0.15) is 0 Å². The van der Waals surface area contributed by atoms with Crippen molar-refractivity contribution in [2.24, 2.45) is 5.73 Å². The molecule has 2 atom stereocenters. The highest BCUT2D eigenvalue weighted by Gasteiger charge is 2.32. The highest BCUT2D eigenvalue weighted by molar-refractivity contribution is 5.92. The van der Waals surface area contributed by atoms with Gasteiger partial charge < -0.3 is 16.0 Å². The average Bonchev–Trinajstić information content (AvgIpc) is 2.49. The molecule has 1 aromatic rings. The van der Waals surface area contributed by atoms with Crippen molar-refractivity contribution < 1.29 is 9.59 Å². The van der Waals surface area contributed by atoms with E-state index >= 15 is 0 Å². The molecule has 1 rings (SSSR count). The molecule has 21 heavy (non-hydrogen) atoms. The van der Waals surface area contributed by atoms with Gasteiger partial charge in [-0.1, -0.05) is 30.3 Å². The number of nitrogens with one attached hydrogen (secondary N) is 1. The van der Waals surface area contributed by atoms with Crippen molar-refractivity contribution in [2.75, 3.05) is 13.1 Å². The van der Waals surface area contributed by atoms with Crippen LogP contribution in [0.3, 0.4) is 0 Å². The SMILES string of the molecule is CCN(CC)C(=O)C(C)NC(=O)C(C)(N)c1ccccc1. The lowest BCUT2D eigenvalue weighted by Crippen LogP contribution is -2.55. The zero-order valence-electron chi connectivity index (χ0n) is 13.2. The molecule has 0 radical (unpaired) electrons. The van der Waals surface area contributed by atoms with E-state index in [-0.39, 0.29) is 11.8 Å². The van der Waals surface area contributed by atoms with Crippen LogP contribution < -0.4 is 11.1 Å². The Morgan fingerprint density at radius 1 is 1.24 bits per heavy atom. The number of likely N-dealkylation sites (N-methyl/N-ethyl adjacent to an activating group) is 1. The van der Waals surface area contributed by atoms with Crippen molar-refractivity contribution in [3.63, 3.8) is 0 Å². The molecule has 5 heteroatoms. The van der Waals surface area contributed by atoms with Gasteiger partial charge in [0.25, 0.3) is 0 Å². The van der Waals surface area contributed by atoms with Crippen LogP contribution in [0.15, 0.2) is 30.3 Å². The third kappa shape index (κ3) is 4.04. The molecule has 0 bridgehead atoms. The van der Waals surface area contributed by atoms with Gasteiger partial charge in [-0.3, -0.25) is 9.59 Å². The molecule has 2 amide bonds. The molecular weight excluding hydrogens is 266 g/mol. The molecule has 3 N–H and O–H groups in total. The van der Waals surface area contributed by atoms with Crippen molar-refractivity contribution in [3.8, 4) is 0 Å². The Hall–Kier alpha value is -1.88.